The highest BCUT2D eigenvalue weighted by atomic mass is 16.3. The summed E-state index contributed by atoms with van der Waals surface area (Å²) < 4.78 is 2.05. The van der Waals surface area contributed by atoms with Gasteiger partial charge in [0.15, 0.2) is 0 Å². The molecule has 0 bridgehead atoms. The maximum atomic E-state index is 8.66. The van der Waals surface area contributed by atoms with Crippen molar-refractivity contribution in [3.05, 3.63) is 35.8 Å². The highest BCUT2D eigenvalue weighted by Crippen LogP contribution is 2.08. The Kier molecular flexibility index (Phi) is 2.99. The Morgan fingerprint density at radius 3 is 3.20 bits per heavy atom. The lowest BCUT2D eigenvalue weighted by molar-refractivity contribution is 0.291. The normalized spacial score (nSPS) is 11.1. The average Bonchev–Trinajstić information content (AvgIpc) is 2.61. The van der Waals surface area contributed by atoms with Crippen LogP contribution < -0.4 is 5.32 Å². The number of hydrogen-bond donors (Lipinski definition) is 2. The van der Waals surface area contributed by atoms with Crippen LogP contribution in [0.1, 0.15) is 11.3 Å². The molecule has 0 atom stereocenters. The molecule has 80 valence electrons. The van der Waals surface area contributed by atoms with Crippen molar-refractivity contribution in [1.29, 1.82) is 0 Å². The molecule has 0 fully saturated rings. The van der Waals surface area contributed by atoms with E-state index >= 15 is 0 Å². The molecular weight excluding hydrogens is 190 g/mol. The predicted octanol–water partition coefficient (Wildman–Crippen LogP) is 0.725. The molecule has 0 aliphatic carbocycles. The molecule has 0 unspecified atom stereocenters. The van der Waals surface area contributed by atoms with Crippen molar-refractivity contribution in [1.82, 2.24) is 14.7 Å². The monoisotopic (exact) mass is 205 g/mol. The van der Waals surface area contributed by atoms with Gasteiger partial charge in [0.25, 0.3) is 0 Å². The summed E-state index contributed by atoms with van der Waals surface area (Å²) in [5.41, 5.74) is 3.29. The Balaban J connectivity index is 2.21. The van der Waals surface area contributed by atoms with E-state index < -0.39 is 0 Å². The summed E-state index contributed by atoms with van der Waals surface area (Å²) in [7, 11) is 0. The maximum absolute atomic E-state index is 8.66. The van der Waals surface area contributed by atoms with E-state index in [1.807, 2.05) is 12.4 Å². The Morgan fingerprint density at radius 1 is 1.53 bits per heavy atom. The number of rotatable bonds is 4. The summed E-state index contributed by atoms with van der Waals surface area (Å²) in [4.78, 5) is 4.32. The molecule has 2 heterocycles. The van der Waals surface area contributed by atoms with Gasteiger partial charge >= 0.3 is 0 Å². The molecule has 2 aromatic heterocycles. The number of imidazole rings is 1. The molecule has 0 spiro atoms. The smallest absolute Gasteiger partial charge is 0.137 e. The van der Waals surface area contributed by atoms with Crippen molar-refractivity contribution in [3.63, 3.8) is 0 Å². The minimum atomic E-state index is 0.163. The fraction of sp³-hybridized carbons (Fsp3) is 0.364. The van der Waals surface area contributed by atoms with Crippen molar-refractivity contribution < 1.29 is 5.11 Å². The summed E-state index contributed by atoms with van der Waals surface area (Å²) in [5.74, 6) is 0. The number of nitrogens with zero attached hydrogens (tertiary/aromatic N) is 2. The quantitative estimate of drug-likeness (QED) is 0.723. The lowest BCUT2D eigenvalue weighted by Gasteiger charge is -2.03. The first-order chi connectivity index (χ1) is 7.31. The fourth-order valence-electron chi connectivity index (χ4n) is 1.56. The number of aliphatic hydroxyl groups is 1. The average molecular weight is 205 g/mol. The number of pyridine rings is 1. The molecule has 0 aromatic carbocycles. The van der Waals surface area contributed by atoms with E-state index in [4.69, 9.17) is 5.11 Å². The van der Waals surface area contributed by atoms with Crippen molar-refractivity contribution >= 4 is 5.65 Å². The lowest BCUT2D eigenvalue weighted by atomic mass is 10.3. The zero-order chi connectivity index (χ0) is 10.7. The van der Waals surface area contributed by atoms with E-state index in [1.54, 1.807) is 0 Å². The molecule has 15 heavy (non-hydrogen) atoms. The van der Waals surface area contributed by atoms with Crippen LogP contribution in [0.3, 0.4) is 0 Å². The standard InChI is InChI=1S/C11H15N3O/c1-9-2-4-14-10(7-12-3-5-15)8-13-11(14)6-9/h2,4,6,8,12,15H,3,5,7H2,1H3. The Bertz CT molecular complexity index is 450. The predicted molar refractivity (Wildman–Crippen MR) is 58.7 cm³/mol. The molecule has 0 amide bonds. The third-order valence-corrected chi connectivity index (χ3v) is 2.34. The van der Waals surface area contributed by atoms with Gasteiger partial charge in [-0.1, -0.05) is 0 Å². The topological polar surface area (TPSA) is 49.6 Å². The van der Waals surface area contributed by atoms with E-state index in [-0.39, 0.29) is 6.61 Å². The fourth-order valence-corrected chi connectivity index (χ4v) is 1.56. The molecule has 0 radical (unpaired) electrons. The molecule has 0 saturated heterocycles. The largest absolute Gasteiger partial charge is 0.395 e. The number of aromatic nitrogens is 2. The van der Waals surface area contributed by atoms with Crippen LogP contribution in [-0.4, -0.2) is 27.6 Å². The number of fused-ring (bicyclic) bond motifs is 1. The van der Waals surface area contributed by atoms with Crippen LogP contribution in [0.15, 0.2) is 24.5 Å². The molecule has 4 heteroatoms. The van der Waals surface area contributed by atoms with Gasteiger partial charge in [0, 0.05) is 19.3 Å². The van der Waals surface area contributed by atoms with Crippen LogP contribution >= 0.6 is 0 Å². The highest BCUT2D eigenvalue weighted by Gasteiger charge is 2.01. The van der Waals surface area contributed by atoms with E-state index in [2.05, 4.69) is 33.8 Å². The van der Waals surface area contributed by atoms with E-state index in [0.717, 1.165) is 17.9 Å². The van der Waals surface area contributed by atoms with Crippen molar-refractivity contribution in [2.24, 2.45) is 0 Å². The number of aryl methyl sites for hydroxylation is 1. The van der Waals surface area contributed by atoms with Gasteiger partial charge < -0.3 is 14.8 Å². The summed E-state index contributed by atoms with van der Waals surface area (Å²) in [5, 5.41) is 11.8. The first-order valence-corrected chi connectivity index (χ1v) is 5.05. The van der Waals surface area contributed by atoms with E-state index in [0.29, 0.717) is 6.54 Å². The van der Waals surface area contributed by atoms with Gasteiger partial charge in [0.1, 0.15) is 5.65 Å². The highest BCUT2D eigenvalue weighted by molar-refractivity contribution is 5.42. The molecule has 2 rings (SSSR count). The summed E-state index contributed by atoms with van der Waals surface area (Å²) >= 11 is 0. The summed E-state index contributed by atoms with van der Waals surface area (Å²) in [6, 6.07) is 4.11. The van der Waals surface area contributed by atoms with Crippen LogP contribution in [-0.2, 0) is 6.54 Å². The van der Waals surface area contributed by atoms with Gasteiger partial charge in [-0.15, -0.1) is 0 Å². The minimum Gasteiger partial charge on any atom is -0.395 e. The van der Waals surface area contributed by atoms with Crippen LogP contribution in [0.4, 0.5) is 0 Å². The second-order valence-electron chi connectivity index (χ2n) is 3.58. The van der Waals surface area contributed by atoms with Crippen molar-refractivity contribution in [3.8, 4) is 0 Å². The third-order valence-electron chi connectivity index (χ3n) is 2.34. The van der Waals surface area contributed by atoms with Crippen molar-refractivity contribution in [2.45, 2.75) is 13.5 Å². The SMILES string of the molecule is Cc1ccn2c(CNCCO)cnc2c1. The van der Waals surface area contributed by atoms with Crippen LogP contribution in [0.2, 0.25) is 0 Å². The van der Waals surface area contributed by atoms with Gasteiger partial charge in [-0.05, 0) is 24.6 Å². The minimum absolute atomic E-state index is 0.163. The molecule has 0 aliphatic heterocycles. The van der Waals surface area contributed by atoms with Crippen LogP contribution in [0, 0.1) is 6.92 Å². The number of hydrogen-bond acceptors (Lipinski definition) is 3. The van der Waals surface area contributed by atoms with E-state index in [9.17, 15) is 0 Å². The maximum Gasteiger partial charge on any atom is 0.137 e. The molecule has 4 nitrogen and oxygen atoms in total. The van der Waals surface area contributed by atoms with E-state index in [1.165, 1.54) is 5.56 Å². The zero-order valence-electron chi connectivity index (χ0n) is 8.77. The molecule has 0 aliphatic rings. The third kappa shape index (κ3) is 2.16. The Labute approximate surface area is 88.6 Å². The first kappa shape index (κ1) is 10.1. The molecule has 2 N–H and O–H groups in total. The molecular formula is C11H15N3O. The van der Waals surface area contributed by atoms with Gasteiger partial charge in [0.2, 0.25) is 0 Å². The molecule has 0 saturated carbocycles. The Hall–Kier alpha value is -1.39. The van der Waals surface area contributed by atoms with Gasteiger partial charge in [0.05, 0.1) is 18.5 Å². The molecule has 2 aromatic rings. The lowest BCUT2D eigenvalue weighted by Crippen LogP contribution is -2.18. The second-order valence-corrected chi connectivity index (χ2v) is 3.58. The second kappa shape index (κ2) is 4.42. The summed E-state index contributed by atoms with van der Waals surface area (Å²) in [6.45, 7) is 3.55. The van der Waals surface area contributed by atoms with Crippen LogP contribution in [0.25, 0.3) is 5.65 Å². The van der Waals surface area contributed by atoms with Gasteiger partial charge in [-0.3, -0.25) is 0 Å². The number of aliphatic hydroxyl groups excluding tert-OH is 1. The van der Waals surface area contributed by atoms with Gasteiger partial charge in [-0.25, -0.2) is 4.98 Å². The summed E-state index contributed by atoms with van der Waals surface area (Å²) in [6.07, 6.45) is 3.88. The van der Waals surface area contributed by atoms with Crippen LogP contribution in [0.5, 0.6) is 0 Å². The zero-order valence-corrected chi connectivity index (χ0v) is 8.77. The van der Waals surface area contributed by atoms with Gasteiger partial charge in [-0.2, -0.15) is 0 Å². The van der Waals surface area contributed by atoms with Crippen molar-refractivity contribution in [2.75, 3.05) is 13.2 Å². The first-order valence-electron chi connectivity index (χ1n) is 5.05. The Morgan fingerprint density at radius 2 is 2.40 bits per heavy atom. The number of nitrogens with one attached hydrogen (secondary N) is 1.